The number of anilines is 1. The van der Waals surface area contributed by atoms with Crippen LogP contribution in [0.15, 0.2) is 12.1 Å². The maximum atomic E-state index is 5.76. The highest BCUT2D eigenvalue weighted by atomic mass is 16.5. The minimum Gasteiger partial charge on any atom is -0.476 e. The number of aromatic nitrogens is 3. The normalized spacial score (nSPS) is 10.9. The highest BCUT2D eigenvalue weighted by Crippen LogP contribution is 2.21. The molecule has 0 fully saturated rings. The minimum absolute atomic E-state index is 0.470. The van der Waals surface area contributed by atoms with Crippen LogP contribution in [0.2, 0.25) is 0 Å². The first-order valence-corrected chi connectivity index (χ1v) is 6.03. The first-order chi connectivity index (χ1) is 8.26. The lowest BCUT2D eigenvalue weighted by atomic mass is 10.3. The molecule has 0 aliphatic heterocycles. The second kappa shape index (κ2) is 5.03. The van der Waals surface area contributed by atoms with Gasteiger partial charge in [0.1, 0.15) is 11.5 Å². The van der Waals surface area contributed by atoms with Crippen molar-refractivity contribution in [2.45, 2.75) is 33.1 Å². The summed E-state index contributed by atoms with van der Waals surface area (Å²) in [6, 6.07) is 3.60. The third-order valence-electron chi connectivity index (χ3n) is 2.60. The smallest absolute Gasteiger partial charge is 0.238 e. The Morgan fingerprint density at radius 2 is 2.18 bits per heavy atom. The summed E-state index contributed by atoms with van der Waals surface area (Å²) in [5, 5.41) is 4.23. The highest BCUT2D eigenvalue weighted by Gasteiger charge is 2.13. The predicted molar refractivity (Wildman–Crippen MR) is 67.2 cm³/mol. The van der Waals surface area contributed by atoms with Crippen LogP contribution in [-0.2, 0) is 6.42 Å². The number of imidazole rings is 1. The summed E-state index contributed by atoms with van der Waals surface area (Å²) in [7, 11) is 0. The Morgan fingerprint density at radius 1 is 1.35 bits per heavy atom. The van der Waals surface area contributed by atoms with E-state index in [2.05, 4.69) is 23.9 Å². The molecule has 0 atom stereocenters. The molecule has 0 radical (unpaired) electrons. The van der Waals surface area contributed by atoms with Crippen LogP contribution in [0, 0.1) is 0 Å². The number of nitrogens with zero attached hydrogens (tertiary/aromatic N) is 3. The van der Waals surface area contributed by atoms with Crippen LogP contribution in [0.3, 0.4) is 0 Å². The fraction of sp³-hybridized carbons (Fsp3) is 0.500. The van der Waals surface area contributed by atoms with Gasteiger partial charge in [0.05, 0.1) is 6.61 Å². The molecule has 2 aromatic heterocycles. The van der Waals surface area contributed by atoms with E-state index >= 15 is 0 Å². The molecule has 0 saturated carbocycles. The van der Waals surface area contributed by atoms with Gasteiger partial charge in [-0.05, 0) is 25.0 Å². The number of aryl methyl sites for hydroxylation is 1. The number of fused-ring (bicyclic) bond motifs is 1. The van der Waals surface area contributed by atoms with E-state index in [0.29, 0.717) is 12.4 Å². The van der Waals surface area contributed by atoms with Gasteiger partial charge >= 0.3 is 0 Å². The number of hydrogen-bond donors (Lipinski definition) is 1. The van der Waals surface area contributed by atoms with E-state index in [1.54, 1.807) is 10.6 Å². The van der Waals surface area contributed by atoms with E-state index in [4.69, 9.17) is 10.5 Å². The van der Waals surface area contributed by atoms with Crippen molar-refractivity contribution in [3.63, 3.8) is 0 Å². The van der Waals surface area contributed by atoms with E-state index in [-0.39, 0.29) is 0 Å². The fourth-order valence-corrected chi connectivity index (χ4v) is 1.66. The van der Waals surface area contributed by atoms with Crippen molar-refractivity contribution in [3.8, 4) is 5.88 Å². The van der Waals surface area contributed by atoms with Crippen LogP contribution in [0.25, 0.3) is 5.65 Å². The molecule has 2 heterocycles. The minimum atomic E-state index is 0.470. The highest BCUT2D eigenvalue weighted by molar-refractivity contribution is 5.47. The van der Waals surface area contributed by atoms with Crippen LogP contribution in [0.4, 0.5) is 5.82 Å². The van der Waals surface area contributed by atoms with Crippen molar-refractivity contribution in [1.82, 2.24) is 14.6 Å². The molecule has 5 heteroatoms. The number of unbranched alkanes of at least 4 members (excludes halogenated alkanes) is 1. The summed E-state index contributed by atoms with van der Waals surface area (Å²) in [5.41, 5.74) is 7.39. The topological polar surface area (TPSA) is 65.4 Å². The molecule has 0 spiro atoms. The van der Waals surface area contributed by atoms with Gasteiger partial charge in [-0.3, -0.25) is 0 Å². The third kappa shape index (κ3) is 2.33. The lowest BCUT2D eigenvalue weighted by Gasteiger charge is -2.05. The summed E-state index contributed by atoms with van der Waals surface area (Å²) < 4.78 is 7.44. The number of hydrogen-bond acceptors (Lipinski definition) is 4. The van der Waals surface area contributed by atoms with Gasteiger partial charge in [-0.25, -0.2) is 4.98 Å². The van der Waals surface area contributed by atoms with Gasteiger partial charge < -0.3 is 10.5 Å². The Balaban J connectivity index is 2.38. The predicted octanol–water partition coefficient (Wildman–Crippen LogP) is 2.05. The van der Waals surface area contributed by atoms with Gasteiger partial charge in [-0.15, -0.1) is 5.10 Å². The molecule has 17 heavy (non-hydrogen) atoms. The van der Waals surface area contributed by atoms with Crippen LogP contribution in [0.5, 0.6) is 5.88 Å². The van der Waals surface area contributed by atoms with E-state index in [9.17, 15) is 0 Å². The van der Waals surface area contributed by atoms with Crippen LogP contribution < -0.4 is 10.5 Å². The Bertz CT molecular complexity index is 506. The zero-order valence-corrected chi connectivity index (χ0v) is 10.3. The SMILES string of the molecule is CCCCOc1c(CC)nc2ccc(N)nn12. The largest absolute Gasteiger partial charge is 0.476 e. The lowest BCUT2D eigenvalue weighted by Crippen LogP contribution is -2.04. The summed E-state index contributed by atoms with van der Waals surface area (Å²) in [5.74, 6) is 1.20. The number of ether oxygens (including phenoxy) is 1. The standard InChI is InChI=1S/C12H18N4O/c1-3-5-8-17-12-9(4-2)14-11-7-6-10(13)15-16(11)12/h6-7H,3-5,8H2,1-2H3,(H2,13,15). The van der Waals surface area contributed by atoms with Crippen molar-refractivity contribution >= 4 is 11.5 Å². The van der Waals surface area contributed by atoms with Crippen molar-refractivity contribution in [1.29, 1.82) is 0 Å². The molecule has 2 rings (SSSR count). The van der Waals surface area contributed by atoms with Gasteiger partial charge in [0.2, 0.25) is 5.88 Å². The Morgan fingerprint density at radius 3 is 2.88 bits per heavy atom. The molecular formula is C12H18N4O. The molecular weight excluding hydrogens is 216 g/mol. The molecule has 0 saturated heterocycles. The molecule has 0 bridgehead atoms. The lowest BCUT2D eigenvalue weighted by molar-refractivity contribution is 0.288. The van der Waals surface area contributed by atoms with Crippen LogP contribution >= 0.6 is 0 Å². The zero-order valence-electron chi connectivity index (χ0n) is 10.3. The van der Waals surface area contributed by atoms with E-state index in [0.717, 1.165) is 36.5 Å². The van der Waals surface area contributed by atoms with Gasteiger partial charge in [0, 0.05) is 0 Å². The summed E-state index contributed by atoms with van der Waals surface area (Å²) >= 11 is 0. The third-order valence-corrected chi connectivity index (χ3v) is 2.60. The first kappa shape index (κ1) is 11.7. The van der Waals surface area contributed by atoms with E-state index < -0.39 is 0 Å². The Kier molecular flexibility index (Phi) is 3.46. The molecule has 0 aliphatic carbocycles. The van der Waals surface area contributed by atoms with Gasteiger partial charge in [0.15, 0.2) is 5.65 Å². The van der Waals surface area contributed by atoms with Crippen LogP contribution in [0.1, 0.15) is 32.4 Å². The van der Waals surface area contributed by atoms with Gasteiger partial charge in [0.25, 0.3) is 0 Å². The molecule has 92 valence electrons. The summed E-state index contributed by atoms with van der Waals surface area (Å²) in [6.07, 6.45) is 2.96. The number of nitrogen functional groups attached to an aromatic ring is 1. The molecule has 5 nitrogen and oxygen atoms in total. The second-order valence-corrected chi connectivity index (χ2v) is 3.95. The van der Waals surface area contributed by atoms with Crippen molar-refractivity contribution < 1.29 is 4.74 Å². The molecule has 0 unspecified atom stereocenters. The Hall–Kier alpha value is -1.78. The van der Waals surface area contributed by atoms with Crippen LogP contribution in [-0.4, -0.2) is 21.2 Å². The van der Waals surface area contributed by atoms with E-state index in [1.165, 1.54) is 0 Å². The molecule has 0 amide bonds. The second-order valence-electron chi connectivity index (χ2n) is 3.95. The monoisotopic (exact) mass is 234 g/mol. The number of rotatable bonds is 5. The van der Waals surface area contributed by atoms with Crippen molar-refractivity contribution in [3.05, 3.63) is 17.8 Å². The first-order valence-electron chi connectivity index (χ1n) is 6.03. The van der Waals surface area contributed by atoms with E-state index in [1.807, 2.05) is 6.07 Å². The molecule has 2 N–H and O–H groups in total. The molecule has 0 aromatic carbocycles. The summed E-state index contributed by atoms with van der Waals surface area (Å²) in [6.45, 7) is 4.88. The fourth-order valence-electron chi connectivity index (χ4n) is 1.66. The maximum absolute atomic E-state index is 5.76. The molecule has 0 aliphatic rings. The molecule has 2 aromatic rings. The summed E-state index contributed by atoms with van der Waals surface area (Å²) in [4.78, 5) is 4.47. The maximum Gasteiger partial charge on any atom is 0.238 e. The average molecular weight is 234 g/mol. The average Bonchev–Trinajstić information content (AvgIpc) is 2.67. The quantitative estimate of drug-likeness (QED) is 0.804. The Labute approximate surface area is 101 Å². The van der Waals surface area contributed by atoms with Gasteiger partial charge in [-0.2, -0.15) is 4.52 Å². The van der Waals surface area contributed by atoms with Crippen molar-refractivity contribution in [2.75, 3.05) is 12.3 Å². The van der Waals surface area contributed by atoms with Gasteiger partial charge in [-0.1, -0.05) is 20.3 Å². The number of nitrogens with two attached hydrogens (primary N) is 1. The van der Waals surface area contributed by atoms with Crippen molar-refractivity contribution in [2.24, 2.45) is 0 Å². The zero-order chi connectivity index (χ0) is 12.3.